The molecule has 8 heteroatoms. The lowest BCUT2D eigenvalue weighted by Gasteiger charge is -2.09. The molecule has 0 saturated carbocycles. The van der Waals surface area contributed by atoms with Gasteiger partial charge in [-0.25, -0.2) is 4.79 Å². The predicted octanol–water partition coefficient (Wildman–Crippen LogP) is 3.48. The van der Waals surface area contributed by atoms with Gasteiger partial charge in [-0.2, -0.15) is 0 Å². The van der Waals surface area contributed by atoms with Crippen LogP contribution in [0.3, 0.4) is 0 Å². The molecule has 3 rings (SSSR count). The van der Waals surface area contributed by atoms with Crippen molar-refractivity contribution in [2.75, 3.05) is 11.9 Å². The van der Waals surface area contributed by atoms with E-state index in [-0.39, 0.29) is 5.91 Å². The topological polar surface area (TPSA) is 111 Å². The van der Waals surface area contributed by atoms with Crippen molar-refractivity contribution < 1.29 is 19.1 Å². The maximum absolute atomic E-state index is 12.6. The number of carbonyl (C=O) groups is 3. The third-order valence-electron chi connectivity index (χ3n) is 4.50. The van der Waals surface area contributed by atoms with Gasteiger partial charge in [-0.3, -0.25) is 14.9 Å². The first-order chi connectivity index (χ1) is 13.5. The van der Waals surface area contributed by atoms with Crippen LogP contribution in [-0.2, 0) is 12.8 Å². The summed E-state index contributed by atoms with van der Waals surface area (Å²) in [6.45, 7) is 2.73. The molecule has 1 heterocycles. The van der Waals surface area contributed by atoms with Gasteiger partial charge >= 0.3 is 6.03 Å². The number of unbranched alkanes of at least 4 members (excludes halogenated alkanes) is 1. The Balaban J connectivity index is 1.75. The molecule has 0 atom stereocenters. The van der Waals surface area contributed by atoms with E-state index in [1.807, 2.05) is 0 Å². The Morgan fingerprint density at radius 1 is 1.14 bits per heavy atom. The van der Waals surface area contributed by atoms with Gasteiger partial charge in [-0.1, -0.05) is 13.3 Å². The van der Waals surface area contributed by atoms with E-state index < -0.39 is 11.9 Å². The van der Waals surface area contributed by atoms with Crippen LogP contribution < -0.4 is 21.1 Å². The summed E-state index contributed by atoms with van der Waals surface area (Å²) >= 11 is 1.37. The maximum atomic E-state index is 12.6. The van der Waals surface area contributed by atoms with Crippen LogP contribution in [0.5, 0.6) is 5.75 Å². The van der Waals surface area contributed by atoms with Crippen molar-refractivity contribution in [1.29, 1.82) is 0 Å². The minimum atomic E-state index is -0.918. The Hall–Kier alpha value is -2.87. The zero-order chi connectivity index (χ0) is 20.1. The number of fused-ring (bicyclic) bond motifs is 1. The smallest absolute Gasteiger partial charge is 0.319 e. The molecule has 1 aliphatic carbocycles. The van der Waals surface area contributed by atoms with Crippen LogP contribution in [0.2, 0.25) is 0 Å². The van der Waals surface area contributed by atoms with Crippen LogP contribution >= 0.6 is 11.3 Å². The van der Waals surface area contributed by atoms with Crippen LogP contribution in [0.25, 0.3) is 0 Å². The molecule has 1 aliphatic rings. The van der Waals surface area contributed by atoms with Gasteiger partial charge in [-0.05, 0) is 55.5 Å². The Morgan fingerprint density at radius 2 is 1.89 bits per heavy atom. The predicted molar refractivity (Wildman–Crippen MR) is 108 cm³/mol. The number of rotatable bonds is 7. The van der Waals surface area contributed by atoms with Crippen molar-refractivity contribution in [3.63, 3.8) is 0 Å². The molecule has 2 aromatic rings. The second kappa shape index (κ2) is 8.88. The van der Waals surface area contributed by atoms with E-state index in [0.29, 0.717) is 28.5 Å². The molecule has 0 bridgehead atoms. The van der Waals surface area contributed by atoms with E-state index >= 15 is 0 Å². The number of anilines is 1. The molecule has 0 saturated heterocycles. The third-order valence-corrected chi connectivity index (χ3v) is 5.70. The summed E-state index contributed by atoms with van der Waals surface area (Å²) in [5.74, 6) is -0.198. The van der Waals surface area contributed by atoms with Crippen LogP contribution in [-0.4, -0.2) is 24.5 Å². The monoisotopic (exact) mass is 401 g/mol. The maximum Gasteiger partial charge on any atom is 0.319 e. The molecule has 0 unspecified atom stereocenters. The number of ether oxygens (including phenoxy) is 1. The Labute approximate surface area is 167 Å². The van der Waals surface area contributed by atoms with Gasteiger partial charge in [0.05, 0.1) is 12.2 Å². The highest BCUT2D eigenvalue weighted by Gasteiger charge is 2.28. The van der Waals surface area contributed by atoms with Gasteiger partial charge < -0.3 is 15.8 Å². The van der Waals surface area contributed by atoms with Crippen molar-refractivity contribution in [3.05, 3.63) is 45.8 Å². The minimum Gasteiger partial charge on any atom is -0.494 e. The molecule has 1 aromatic carbocycles. The quantitative estimate of drug-likeness (QED) is 0.617. The summed E-state index contributed by atoms with van der Waals surface area (Å²) in [5.41, 5.74) is 6.76. The lowest BCUT2D eigenvalue weighted by molar-refractivity contribution is 0.0966. The van der Waals surface area contributed by atoms with Crippen molar-refractivity contribution in [3.8, 4) is 5.75 Å². The van der Waals surface area contributed by atoms with Gasteiger partial charge in [0.1, 0.15) is 10.8 Å². The number of hydrogen-bond acceptors (Lipinski definition) is 5. The van der Waals surface area contributed by atoms with E-state index in [4.69, 9.17) is 10.5 Å². The first-order valence-electron chi connectivity index (χ1n) is 9.29. The molecule has 0 spiro atoms. The fraction of sp³-hybridized carbons (Fsp3) is 0.350. The highest BCUT2D eigenvalue weighted by molar-refractivity contribution is 7.17. The SMILES string of the molecule is CCCCOc1ccc(C(=O)Nc2sc3c(c2C(=O)NC(N)=O)CCC3)cc1. The molecule has 1 aromatic heterocycles. The fourth-order valence-electron chi connectivity index (χ4n) is 3.12. The number of benzene rings is 1. The number of carbonyl (C=O) groups excluding carboxylic acids is 3. The van der Waals surface area contributed by atoms with E-state index in [2.05, 4.69) is 17.6 Å². The normalized spacial score (nSPS) is 12.3. The average molecular weight is 401 g/mol. The summed E-state index contributed by atoms with van der Waals surface area (Å²) in [5, 5.41) is 5.35. The number of urea groups is 1. The number of primary amides is 1. The zero-order valence-corrected chi connectivity index (χ0v) is 16.5. The number of nitrogens with one attached hydrogen (secondary N) is 2. The summed E-state index contributed by atoms with van der Waals surface area (Å²) in [7, 11) is 0. The Morgan fingerprint density at radius 3 is 2.57 bits per heavy atom. The van der Waals surface area contributed by atoms with Gasteiger partial charge in [0, 0.05) is 10.4 Å². The van der Waals surface area contributed by atoms with Gasteiger partial charge in [0.25, 0.3) is 11.8 Å². The Kier molecular flexibility index (Phi) is 6.30. The molecule has 148 valence electrons. The summed E-state index contributed by atoms with van der Waals surface area (Å²) in [6.07, 6.45) is 4.58. The van der Waals surface area contributed by atoms with Crippen LogP contribution in [0.1, 0.15) is 57.3 Å². The highest BCUT2D eigenvalue weighted by Crippen LogP contribution is 2.39. The first kappa shape index (κ1) is 19.9. The largest absolute Gasteiger partial charge is 0.494 e. The zero-order valence-electron chi connectivity index (χ0n) is 15.7. The molecule has 0 fully saturated rings. The molecule has 4 amide bonds. The van der Waals surface area contributed by atoms with E-state index in [1.165, 1.54) is 11.3 Å². The fourth-order valence-corrected chi connectivity index (χ4v) is 4.40. The summed E-state index contributed by atoms with van der Waals surface area (Å²) in [6, 6.07) is 5.94. The van der Waals surface area contributed by atoms with Crippen LogP contribution in [0, 0.1) is 0 Å². The molecular weight excluding hydrogens is 378 g/mol. The first-order valence-corrected chi connectivity index (χ1v) is 10.1. The van der Waals surface area contributed by atoms with Crippen molar-refractivity contribution in [1.82, 2.24) is 5.32 Å². The number of hydrogen-bond donors (Lipinski definition) is 3. The minimum absolute atomic E-state index is 0.326. The number of imide groups is 1. The van der Waals surface area contributed by atoms with Crippen molar-refractivity contribution >= 4 is 34.2 Å². The molecule has 0 aliphatic heterocycles. The van der Waals surface area contributed by atoms with Gasteiger partial charge in [0.15, 0.2) is 0 Å². The highest BCUT2D eigenvalue weighted by atomic mass is 32.1. The van der Waals surface area contributed by atoms with Gasteiger partial charge in [0.2, 0.25) is 0 Å². The standard InChI is InChI=1S/C20H23N3O4S/c1-2-3-11-27-13-9-7-12(8-10-13)17(24)22-19-16(18(25)23-20(21)26)14-5-4-6-15(14)28-19/h7-10H,2-6,11H2,1H3,(H,22,24)(H3,21,23,25,26). The average Bonchev–Trinajstić information content (AvgIpc) is 3.22. The summed E-state index contributed by atoms with van der Waals surface area (Å²) in [4.78, 5) is 37.2. The Bertz CT molecular complexity index is 890. The van der Waals surface area contributed by atoms with E-state index in [1.54, 1.807) is 24.3 Å². The number of amides is 4. The number of aryl methyl sites for hydroxylation is 1. The second-order valence-electron chi connectivity index (χ2n) is 6.56. The third kappa shape index (κ3) is 4.51. The van der Waals surface area contributed by atoms with Crippen LogP contribution in [0.4, 0.5) is 9.80 Å². The van der Waals surface area contributed by atoms with Crippen molar-refractivity contribution in [2.45, 2.75) is 39.0 Å². The van der Waals surface area contributed by atoms with Gasteiger partial charge in [-0.15, -0.1) is 11.3 Å². The lowest BCUT2D eigenvalue weighted by atomic mass is 10.1. The molecule has 4 N–H and O–H groups in total. The molecule has 0 radical (unpaired) electrons. The second-order valence-corrected chi connectivity index (χ2v) is 7.67. The molecule has 28 heavy (non-hydrogen) atoms. The number of thiophene rings is 1. The summed E-state index contributed by atoms with van der Waals surface area (Å²) < 4.78 is 5.60. The van der Waals surface area contributed by atoms with Crippen molar-refractivity contribution in [2.24, 2.45) is 5.73 Å². The van der Waals surface area contributed by atoms with E-state index in [9.17, 15) is 14.4 Å². The lowest BCUT2D eigenvalue weighted by Crippen LogP contribution is -2.35. The number of nitrogens with two attached hydrogens (primary N) is 1. The van der Waals surface area contributed by atoms with Crippen LogP contribution in [0.15, 0.2) is 24.3 Å². The molecule has 7 nitrogen and oxygen atoms in total. The molecular formula is C20H23N3O4S. The van der Waals surface area contributed by atoms with E-state index in [0.717, 1.165) is 42.5 Å².